The van der Waals surface area contributed by atoms with Crippen molar-refractivity contribution in [1.29, 1.82) is 0 Å². The standard InChI is InChI=1S/C19H18N4O5S/c1-26-14-5-3-6-15(11-14)29(24,25)22-19-18-16(27-2)9-13(10-17(18)28-21-19)12-23-8-4-7-20-23/h3-11H,12H2,1-2H3,(H,21,22). The van der Waals surface area contributed by atoms with Crippen LogP contribution >= 0.6 is 0 Å². The van der Waals surface area contributed by atoms with Gasteiger partial charge in [-0.05, 0) is 35.9 Å². The first-order valence-electron chi connectivity index (χ1n) is 8.61. The van der Waals surface area contributed by atoms with E-state index in [1.807, 2.05) is 12.3 Å². The normalized spacial score (nSPS) is 11.5. The zero-order chi connectivity index (χ0) is 20.4. The van der Waals surface area contributed by atoms with Crippen LogP contribution in [-0.2, 0) is 16.6 Å². The number of hydrogen-bond donors (Lipinski definition) is 1. The molecule has 0 bridgehead atoms. The maximum Gasteiger partial charge on any atom is 0.263 e. The highest BCUT2D eigenvalue weighted by molar-refractivity contribution is 7.92. The molecule has 2 aromatic carbocycles. The fraction of sp³-hybridized carbons (Fsp3) is 0.158. The summed E-state index contributed by atoms with van der Waals surface area (Å²) in [5.74, 6) is 0.915. The molecule has 0 saturated heterocycles. The van der Waals surface area contributed by atoms with E-state index >= 15 is 0 Å². The lowest BCUT2D eigenvalue weighted by Crippen LogP contribution is -2.13. The molecule has 0 saturated carbocycles. The Kier molecular flexibility index (Phi) is 4.85. The summed E-state index contributed by atoms with van der Waals surface area (Å²) in [6.45, 7) is 0.505. The number of nitrogens with zero attached hydrogens (tertiary/aromatic N) is 3. The van der Waals surface area contributed by atoms with Gasteiger partial charge in [-0.3, -0.25) is 9.40 Å². The molecule has 0 fully saturated rings. The number of rotatable bonds is 7. The molecule has 29 heavy (non-hydrogen) atoms. The van der Waals surface area contributed by atoms with Gasteiger partial charge in [0, 0.05) is 18.5 Å². The average molecular weight is 414 g/mol. The highest BCUT2D eigenvalue weighted by atomic mass is 32.2. The smallest absolute Gasteiger partial charge is 0.263 e. The molecule has 10 heteroatoms. The van der Waals surface area contributed by atoms with Crippen LogP contribution in [0.15, 0.2) is 64.3 Å². The van der Waals surface area contributed by atoms with Gasteiger partial charge in [-0.1, -0.05) is 11.2 Å². The molecular weight excluding hydrogens is 396 g/mol. The van der Waals surface area contributed by atoms with Gasteiger partial charge < -0.3 is 14.0 Å². The lowest BCUT2D eigenvalue weighted by atomic mass is 10.1. The number of benzene rings is 2. The minimum absolute atomic E-state index is 0.0438. The van der Waals surface area contributed by atoms with Gasteiger partial charge in [-0.2, -0.15) is 5.10 Å². The third-order valence-electron chi connectivity index (χ3n) is 4.30. The molecule has 0 spiro atoms. The summed E-state index contributed by atoms with van der Waals surface area (Å²) in [5.41, 5.74) is 1.27. The van der Waals surface area contributed by atoms with Gasteiger partial charge in [0.2, 0.25) is 0 Å². The Hall–Kier alpha value is -3.53. The van der Waals surface area contributed by atoms with E-state index in [4.69, 9.17) is 14.0 Å². The quantitative estimate of drug-likeness (QED) is 0.495. The molecule has 0 aliphatic heterocycles. The maximum absolute atomic E-state index is 12.8. The molecule has 4 rings (SSSR count). The molecule has 4 aromatic rings. The fourth-order valence-corrected chi connectivity index (χ4v) is 3.99. The molecule has 0 unspecified atom stereocenters. The van der Waals surface area contributed by atoms with Crippen molar-refractivity contribution in [2.75, 3.05) is 18.9 Å². The summed E-state index contributed by atoms with van der Waals surface area (Å²) in [5, 5.41) is 8.51. The Bertz CT molecular complexity index is 1250. The van der Waals surface area contributed by atoms with E-state index in [1.54, 1.807) is 35.1 Å². The number of nitrogens with one attached hydrogen (secondary N) is 1. The zero-order valence-electron chi connectivity index (χ0n) is 15.7. The van der Waals surface area contributed by atoms with E-state index in [9.17, 15) is 8.42 Å². The second-order valence-corrected chi connectivity index (χ2v) is 7.87. The third-order valence-corrected chi connectivity index (χ3v) is 5.64. The molecule has 0 amide bonds. The Morgan fingerprint density at radius 3 is 2.72 bits per heavy atom. The maximum atomic E-state index is 12.8. The van der Waals surface area contributed by atoms with Crippen LogP contribution in [-0.4, -0.2) is 37.6 Å². The van der Waals surface area contributed by atoms with Crippen LogP contribution < -0.4 is 14.2 Å². The van der Waals surface area contributed by atoms with E-state index < -0.39 is 10.0 Å². The van der Waals surface area contributed by atoms with Crippen LogP contribution in [0, 0.1) is 0 Å². The van der Waals surface area contributed by atoms with Crippen LogP contribution in [0.3, 0.4) is 0 Å². The minimum atomic E-state index is -3.91. The Labute approximate surface area is 166 Å². The Morgan fingerprint density at radius 2 is 2.00 bits per heavy atom. The summed E-state index contributed by atoms with van der Waals surface area (Å²) < 4.78 is 45.7. The van der Waals surface area contributed by atoms with Crippen molar-refractivity contribution in [3.05, 3.63) is 60.4 Å². The second-order valence-electron chi connectivity index (χ2n) is 6.19. The van der Waals surface area contributed by atoms with Gasteiger partial charge in [-0.15, -0.1) is 0 Å². The first kappa shape index (κ1) is 18.8. The summed E-state index contributed by atoms with van der Waals surface area (Å²) in [4.78, 5) is 0.0438. The number of aromatic nitrogens is 3. The van der Waals surface area contributed by atoms with Crippen LogP contribution in [0.5, 0.6) is 11.5 Å². The largest absolute Gasteiger partial charge is 0.497 e. The summed E-state index contributed by atoms with van der Waals surface area (Å²) in [6.07, 6.45) is 3.53. The van der Waals surface area contributed by atoms with Crippen molar-refractivity contribution < 1.29 is 22.4 Å². The van der Waals surface area contributed by atoms with Crippen LogP contribution in [0.25, 0.3) is 11.0 Å². The first-order chi connectivity index (χ1) is 14.0. The van der Waals surface area contributed by atoms with Crippen molar-refractivity contribution in [3.8, 4) is 11.5 Å². The van der Waals surface area contributed by atoms with Crippen molar-refractivity contribution >= 4 is 26.8 Å². The van der Waals surface area contributed by atoms with Gasteiger partial charge in [0.05, 0.1) is 25.7 Å². The van der Waals surface area contributed by atoms with Crippen molar-refractivity contribution in [2.24, 2.45) is 0 Å². The van der Waals surface area contributed by atoms with Crippen LogP contribution in [0.4, 0.5) is 5.82 Å². The third kappa shape index (κ3) is 3.74. The number of ether oxygens (including phenoxy) is 2. The predicted octanol–water partition coefficient (Wildman–Crippen LogP) is 2.89. The number of hydrogen-bond acceptors (Lipinski definition) is 7. The number of anilines is 1. The second kappa shape index (κ2) is 7.47. The van der Waals surface area contributed by atoms with Crippen LogP contribution in [0.1, 0.15) is 5.56 Å². The van der Waals surface area contributed by atoms with Crippen LogP contribution in [0.2, 0.25) is 0 Å². The molecule has 2 heterocycles. The molecule has 2 aromatic heterocycles. The summed E-state index contributed by atoms with van der Waals surface area (Å²) in [7, 11) is -0.938. The molecule has 1 N–H and O–H groups in total. The number of methoxy groups -OCH3 is 2. The lowest BCUT2D eigenvalue weighted by molar-refractivity contribution is 0.413. The molecule has 0 radical (unpaired) electrons. The van der Waals surface area contributed by atoms with Gasteiger partial charge >= 0.3 is 0 Å². The van der Waals surface area contributed by atoms with Gasteiger partial charge in [-0.25, -0.2) is 8.42 Å². The highest BCUT2D eigenvalue weighted by Crippen LogP contribution is 2.35. The molecule has 0 aliphatic rings. The lowest BCUT2D eigenvalue weighted by Gasteiger charge is -2.09. The number of sulfonamides is 1. The zero-order valence-corrected chi connectivity index (χ0v) is 16.5. The van der Waals surface area contributed by atoms with Gasteiger partial charge in [0.1, 0.15) is 16.9 Å². The monoisotopic (exact) mass is 414 g/mol. The van der Waals surface area contributed by atoms with Gasteiger partial charge in [0.15, 0.2) is 11.4 Å². The predicted molar refractivity (Wildman–Crippen MR) is 106 cm³/mol. The molecule has 0 atom stereocenters. The van der Waals surface area contributed by atoms with Gasteiger partial charge in [0.25, 0.3) is 10.0 Å². The van der Waals surface area contributed by atoms with E-state index in [-0.39, 0.29) is 10.7 Å². The van der Waals surface area contributed by atoms with Crippen molar-refractivity contribution in [3.63, 3.8) is 0 Å². The van der Waals surface area contributed by atoms with E-state index in [2.05, 4.69) is 15.0 Å². The Morgan fingerprint density at radius 1 is 1.14 bits per heavy atom. The van der Waals surface area contributed by atoms with E-state index in [0.29, 0.717) is 29.0 Å². The molecular formula is C19H18N4O5S. The Balaban J connectivity index is 1.71. The summed E-state index contributed by atoms with van der Waals surface area (Å²) in [6, 6.07) is 11.5. The van der Waals surface area contributed by atoms with Crippen molar-refractivity contribution in [2.45, 2.75) is 11.4 Å². The molecule has 150 valence electrons. The number of fused-ring (bicyclic) bond motifs is 1. The average Bonchev–Trinajstić information content (AvgIpc) is 3.37. The first-order valence-corrected chi connectivity index (χ1v) is 10.1. The highest BCUT2D eigenvalue weighted by Gasteiger charge is 2.22. The van der Waals surface area contributed by atoms with E-state index in [0.717, 1.165) is 5.56 Å². The minimum Gasteiger partial charge on any atom is -0.497 e. The molecule has 0 aliphatic carbocycles. The SMILES string of the molecule is COc1cccc(S(=O)(=O)Nc2noc3cc(Cn4cccn4)cc(OC)c23)c1. The topological polar surface area (TPSA) is 108 Å². The fourth-order valence-electron chi connectivity index (χ4n) is 2.95. The molecule has 9 nitrogen and oxygen atoms in total. The summed E-state index contributed by atoms with van der Waals surface area (Å²) >= 11 is 0. The van der Waals surface area contributed by atoms with E-state index in [1.165, 1.54) is 26.4 Å². The van der Waals surface area contributed by atoms with Crippen molar-refractivity contribution in [1.82, 2.24) is 14.9 Å².